The van der Waals surface area contributed by atoms with Gasteiger partial charge in [-0.3, -0.25) is 4.79 Å². The third kappa shape index (κ3) is 3.86. The standard InChI is InChI=1S/C18H29N3O4/c1-4-6-7-15(22)9-18(5-2)13(8-14-10-19-12-20(14)3)11-21(16(18)23)17(24)25/h10,12-13,15,22H,4-9,11H2,1-3H3,(H,24,25)/t13-,15?,18+/m0/s1. The monoisotopic (exact) mass is 351 g/mol. The van der Waals surface area contributed by atoms with E-state index in [0.29, 0.717) is 25.7 Å². The van der Waals surface area contributed by atoms with E-state index in [1.807, 2.05) is 18.5 Å². The van der Waals surface area contributed by atoms with E-state index >= 15 is 0 Å². The Kier molecular flexibility index (Phi) is 6.21. The summed E-state index contributed by atoms with van der Waals surface area (Å²) >= 11 is 0. The van der Waals surface area contributed by atoms with Crippen LogP contribution in [0.2, 0.25) is 0 Å². The van der Waals surface area contributed by atoms with Gasteiger partial charge in [-0.2, -0.15) is 0 Å². The summed E-state index contributed by atoms with van der Waals surface area (Å²) in [4.78, 5) is 29.5. The Balaban J connectivity index is 2.30. The minimum Gasteiger partial charge on any atom is -0.465 e. The number of likely N-dealkylation sites (tertiary alicyclic amines) is 1. The molecule has 0 spiro atoms. The first-order valence-corrected chi connectivity index (χ1v) is 9.03. The first-order valence-electron chi connectivity index (χ1n) is 9.03. The molecule has 0 saturated carbocycles. The highest BCUT2D eigenvalue weighted by atomic mass is 16.4. The topological polar surface area (TPSA) is 95.7 Å². The molecule has 0 bridgehead atoms. The number of rotatable bonds is 8. The number of aromatic nitrogens is 2. The van der Waals surface area contributed by atoms with Gasteiger partial charge in [-0.25, -0.2) is 14.7 Å². The molecule has 1 aliphatic rings. The van der Waals surface area contributed by atoms with Crippen molar-refractivity contribution >= 4 is 12.0 Å². The number of unbranched alkanes of at least 4 members (excludes halogenated alkanes) is 1. The Morgan fingerprint density at radius 3 is 2.72 bits per heavy atom. The number of aliphatic hydroxyl groups is 1. The zero-order valence-corrected chi connectivity index (χ0v) is 15.3. The molecule has 7 heteroatoms. The number of imide groups is 1. The fourth-order valence-corrected chi connectivity index (χ4v) is 3.98. The van der Waals surface area contributed by atoms with Gasteiger partial charge in [-0.05, 0) is 31.6 Å². The van der Waals surface area contributed by atoms with Crippen LogP contribution in [0.4, 0.5) is 4.79 Å². The highest BCUT2D eigenvalue weighted by Crippen LogP contribution is 2.46. The summed E-state index contributed by atoms with van der Waals surface area (Å²) in [5.74, 6) is -0.530. The van der Waals surface area contributed by atoms with E-state index < -0.39 is 17.6 Å². The SMILES string of the molecule is CCCCC(O)C[C@@]1(CC)C(=O)N(C(=O)O)C[C@@H]1Cc1cncn1C. The average Bonchev–Trinajstić information content (AvgIpc) is 3.09. The molecule has 1 aromatic rings. The van der Waals surface area contributed by atoms with E-state index in [1.54, 1.807) is 12.5 Å². The molecule has 2 heterocycles. The molecule has 0 aliphatic carbocycles. The van der Waals surface area contributed by atoms with Crippen molar-refractivity contribution in [2.75, 3.05) is 6.54 Å². The minimum absolute atomic E-state index is 0.159. The first-order chi connectivity index (χ1) is 11.9. The third-order valence-electron chi connectivity index (χ3n) is 5.58. The van der Waals surface area contributed by atoms with Crippen LogP contribution >= 0.6 is 0 Å². The van der Waals surface area contributed by atoms with Crippen LogP contribution in [0.1, 0.15) is 51.6 Å². The first kappa shape index (κ1) is 19.4. The molecule has 1 saturated heterocycles. The lowest BCUT2D eigenvalue weighted by molar-refractivity contribution is -0.137. The summed E-state index contributed by atoms with van der Waals surface area (Å²) in [6, 6.07) is 0. The van der Waals surface area contributed by atoms with Crippen molar-refractivity contribution in [3.63, 3.8) is 0 Å². The maximum Gasteiger partial charge on any atom is 0.414 e. The fourth-order valence-electron chi connectivity index (χ4n) is 3.98. The summed E-state index contributed by atoms with van der Waals surface area (Å²) in [5, 5.41) is 19.9. The molecule has 140 valence electrons. The predicted octanol–water partition coefficient (Wildman–Crippen LogP) is 2.44. The third-order valence-corrected chi connectivity index (χ3v) is 5.58. The number of nitrogens with zero attached hydrogens (tertiary/aromatic N) is 3. The zero-order chi connectivity index (χ0) is 18.6. The quantitative estimate of drug-likeness (QED) is 0.750. The molecule has 1 aliphatic heterocycles. The number of hydrogen-bond acceptors (Lipinski definition) is 4. The van der Waals surface area contributed by atoms with E-state index in [-0.39, 0.29) is 18.4 Å². The molecule has 25 heavy (non-hydrogen) atoms. The Bertz CT molecular complexity index is 615. The smallest absolute Gasteiger partial charge is 0.414 e. The van der Waals surface area contributed by atoms with Gasteiger partial charge in [0.15, 0.2) is 0 Å². The number of carbonyl (C=O) groups is 2. The normalized spacial score (nSPS) is 24.7. The van der Waals surface area contributed by atoms with Crippen molar-refractivity contribution in [1.29, 1.82) is 0 Å². The molecule has 2 rings (SSSR count). The van der Waals surface area contributed by atoms with Crippen molar-refractivity contribution in [1.82, 2.24) is 14.5 Å². The number of aryl methyl sites for hydroxylation is 1. The number of imidazole rings is 1. The van der Waals surface area contributed by atoms with Crippen LogP contribution < -0.4 is 0 Å². The maximum atomic E-state index is 12.9. The molecular weight excluding hydrogens is 322 g/mol. The molecule has 2 N–H and O–H groups in total. The van der Waals surface area contributed by atoms with E-state index in [4.69, 9.17) is 0 Å². The lowest BCUT2D eigenvalue weighted by atomic mass is 9.69. The second-order valence-electron chi connectivity index (χ2n) is 7.11. The molecule has 1 aromatic heterocycles. The van der Waals surface area contributed by atoms with Crippen molar-refractivity contribution in [2.45, 2.75) is 58.5 Å². The Morgan fingerprint density at radius 1 is 1.48 bits per heavy atom. The highest BCUT2D eigenvalue weighted by Gasteiger charge is 2.55. The fraction of sp³-hybridized carbons (Fsp3) is 0.722. The lowest BCUT2D eigenvalue weighted by Gasteiger charge is -2.33. The highest BCUT2D eigenvalue weighted by molar-refractivity contribution is 5.97. The number of carboxylic acid groups (broad SMARTS) is 1. The van der Waals surface area contributed by atoms with Gasteiger partial charge in [0.25, 0.3) is 0 Å². The molecule has 0 radical (unpaired) electrons. The Morgan fingerprint density at radius 2 is 2.20 bits per heavy atom. The van der Waals surface area contributed by atoms with Gasteiger partial charge in [0.05, 0.1) is 17.8 Å². The van der Waals surface area contributed by atoms with Crippen molar-refractivity contribution in [3.05, 3.63) is 18.2 Å². The van der Waals surface area contributed by atoms with E-state index in [9.17, 15) is 19.8 Å². The molecule has 3 atom stereocenters. The van der Waals surface area contributed by atoms with E-state index in [0.717, 1.165) is 23.4 Å². The van der Waals surface area contributed by atoms with E-state index in [2.05, 4.69) is 11.9 Å². The molecule has 2 amide bonds. The van der Waals surface area contributed by atoms with Gasteiger partial charge in [-0.15, -0.1) is 0 Å². The summed E-state index contributed by atoms with van der Waals surface area (Å²) in [6.07, 6.45) is 5.55. The lowest BCUT2D eigenvalue weighted by Crippen LogP contribution is -2.41. The van der Waals surface area contributed by atoms with Crippen LogP contribution in [-0.2, 0) is 18.3 Å². The molecular formula is C18H29N3O4. The summed E-state index contributed by atoms with van der Waals surface area (Å²) in [6.45, 7) is 4.14. The summed E-state index contributed by atoms with van der Waals surface area (Å²) in [7, 11) is 1.89. The van der Waals surface area contributed by atoms with Gasteiger partial charge >= 0.3 is 6.09 Å². The number of carbonyl (C=O) groups excluding carboxylic acids is 1. The predicted molar refractivity (Wildman–Crippen MR) is 93.0 cm³/mol. The maximum absolute atomic E-state index is 12.9. The van der Waals surface area contributed by atoms with Crippen LogP contribution in [0.5, 0.6) is 0 Å². The molecule has 1 unspecified atom stereocenters. The Hall–Kier alpha value is -1.89. The number of aliphatic hydroxyl groups excluding tert-OH is 1. The molecule has 0 aromatic carbocycles. The largest absolute Gasteiger partial charge is 0.465 e. The summed E-state index contributed by atoms with van der Waals surface area (Å²) in [5.41, 5.74) is 0.126. The zero-order valence-electron chi connectivity index (χ0n) is 15.3. The van der Waals surface area contributed by atoms with Crippen LogP contribution in [-0.4, -0.2) is 49.3 Å². The number of hydrogen-bond donors (Lipinski definition) is 2. The van der Waals surface area contributed by atoms with Gasteiger partial charge in [0.2, 0.25) is 5.91 Å². The van der Waals surface area contributed by atoms with Crippen LogP contribution in [0.15, 0.2) is 12.5 Å². The Labute approximate surface area is 148 Å². The van der Waals surface area contributed by atoms with Crippen LogP contribution in [0.3, 0.4) is 0 Å². The van der Waals surface area contributed by atoms with Crippen molar-refractivity contribution in [2.24, 2.45) is 18.4 Å². The molecule has 7 nitrogen and oxygen atoms in total. The van der Waals surface area contributed by atoms with Crippen LogP contribution in [0, 0.1) is 11.3 Å². The second-order valence-corrected chi connectivity index (χ2v) is 7.11. The summed E-state index contributed by atoms with van der Waals surface area (Å²) < 4.78 is 1.89. The van der Waals surface area contributed by atoms with Crippen LogP contribution in [0.25, 0.3) is 0 Å². The number of amides is 2. The van der Waals surface area contributed by atoms with Gasteiger partial charge < -0.3 is 14.8 Å². The molecule has 1 fully saturated rings. The van der Waals surface area contributed by atoms with Gasteiger partial charge in [0.1, 0.15) is 0 Å². The van der Waals surface area contributed by atoms with Crippen molar-refractivity contribution in [3.8, 4) is 0 Å². The van der Waals surface area contributed by atoms with Gasteiger partial charge in [0, 0.05) is 25.5 Å². The minimum atomic E-state index is -1.21. The van der Waals surface area contributed by atoms with Gasteiger partial charge in [-0.1, -0.05) is 26.7 Å². The second kappa shape index (κ2) is 7.99. The average molecular weight is 351 g/mol. The van der Waals surface area contributed by atoms with Crippen molar-refractivity contribution < 1.29 is 19.8 Å². The van der Waals surface area contributed by atoms with E-state index in [1.165, 1.54) is 0 Å².